The number of aromatic nitrogens is 1. The van der Waals surface area contributed by atoms with Gasteiger partial charge in [-0.1, -0.05) is 18.9 Å². The Morgan fingerprint density at radius 1 is 0.966 bits per heavy atom. The van der Waals surface area contributed by atoms with E-state index in [1.54, 1.807) is 11.1 Å². The first kappa shape index (κ1) is 17.3. The number of nitrogens with zero attached hydrogens (tertiary/aromatic N) is 2. The molecule has 5 atom stereocenters. The monoisotopic (exact) mass is 390 g/mol. The van der Waals surface area contributed by atoms with E-state index >= 15 is 0 Å². The molecule has 3 heteroatoms. The Morgan fingerprint density at radius 2 is 1.79 bits per heavy atom. The lowest BCUT2D eigenvalue weighted by Gasteiger charge is -2.66. The predicted molar refractivity (Wildman–Crippen MR) is 115 cm³/mol. The van der Waals surface area contributed by atoms with Crippen molar-refractivity contribution in [1.29, 1.82) is 0 Å². The summed E-state index contributed by atoms with van der Waals surface area (Å²) in [6.07, 6.45) is 16.9. The SMILES string of the molecule is C[C@@H]1C[C@@H]2CCC[C@]34CCC[C@@](CC5=C(C[C@H]6CCC(=O)c7ccc5n76)C3)(C1)N24. The molecular weight excluding hydrogens is 356 g/mol. The minimum atomic E-state index is 0.365. The van der Waals surface area contributed by atoms with Crippen LogP contribution in [0.4, 0.5) is 0 Å². The number of rotatable bonds is 0. The molecule has 1 aromatic rings. The Bertz CT molecular complexity index is 937. The fraction of sp³-hybridized carbons (Fsp3) is 0.731. The summed E-state index contributed by atoms with van der Waals surface area (Å²) in [6, 6.07) is 5.82. The van der Waals surface area contributed by atoms with E-state index in [0.717, 1.165) is 30.5 Å². The van der Waals surface area contributed by atoms with Gasteiger partial charge in [-0.3, -0.25) is 9.69 Å². The van der Waals surface area contributed by atoms with E-state index in [1.165, 1.54) is 76.3 Å². The van der Waals surface area contributed by atoms with Gasteiger partial charge in [0.2, 0.25) is 0 Å². The second-order valence-corrected chi connectivity index (χ2v) is 11.5. The predicted octanol–water partition coefficient (Wildman–Crippen LogP) is 5.90. The van der Waals surface area contributed by atoms with Crippen LogP contribution >= 0.6 is 0 Å². The quantitative estimate of drug-likeness (QED) is 0.551. The van der Waals surface area contributed by atoms with Crippen LogP contribution in [-0.4, -0.2) is 32.4 Å². The third-order valence-corrected chi connectivity index (χ3v) is 9.79. The van der Waals surface area contributed by atoms with E-state index in [1.807, 2.05) is 0 Å². The van der Waals surface area contributed by atoms with Gasteiger partial charge in [0.15, 0.2) is 5.78 Å². The first-order valence-electron chi connectivity index (χ1n) is 12.3. The fourth-order valence-electron chi connectivity index (χ4n) is 9.21. The third-order valence-electron chi connectivity index (χ3n) is 9.79. The van der Waals surface area contributed by atoms with Crippen molar-refractivity contribution in [2.24, 2.45) is 5.92 Å². The van der Waals surface area contributed by atoms with Crippen molar-refractivity contribution in [1.82, 2.24) is 9.47 Å². The Labute approximate surface area is 174 Å². The van der Waals surface area contributed by atoms with Crippen molar-refractivity contribution in [3.8, 4) is 0 Å². The van der Waals surface area contributed by atoms with E-state index in [0.29, 0.717) is 22.9 Å². The van der Waals surface area contributed by atoms with Gasteiger partial charge in [-0.15, -0.1) is 0 Å². The maximum atomic E-state index is 12.6. The molecule has 2 bridgehead atoms. The standard InChI is InChI=1S/C26H34N2O/c1-17-12-20-4-2-9-25-10-3-11-26(14-17,28(20)25)16-21-18(15-25)13-19-5-8-24(29)23-7-6-22(21)27(19)23/h6-7,17,19-20H,2-5,8-16H2,1H3/t17-,19-,20+,25+,26+/m1/s1. The summed E-state index contributed by atoms with van der Waals surface area (Å²) in [4.78, 5) is 15.7. The number of Topliss-reactive ketones (excluding diaryl/α,β-unsaturated/α-hetero) is 1. The highest BCUT2D eigenvalue weighted by atomic mass is 16.1. The molecule has 154 valence electrons. The van der Waals surface area contributed by atoms with Gasteiger partial charge in [0, 0.05) is 35.3 Å². The van der Waals surface area contributed by atoms with E-state index in [-0.39, 0.29) is 0 Å². The summed E-state index contributed by atoms with van der Waals surface area (Å²) in [5.41, 5.74) is 6.69. The van der Waals surface area contributed by atoms with Crippen molar-refractivity contribution in [3.05, 3.63) is 29.1 Å². The van der Waals surface area contributed by atoms with E-state index in [4.69, 9.17) is 0 Å². The molecule has 0 spiro atoms. The van der Waals surface area contributed by atoms with Crippen LogP contribution in [0, 0.1) is 5.92 Å². The number of fused-ring (bicyclic) bond motifs is 1. The molecule has 0 radical (unpaired) electrons. The molecule has 7 heterocycles. The lowest BCUT2D eigenvalue weighted by molar-refractivity contribution is -0.150. The number of ketones is 1. The molecule has 0 unspecified atom stereocenters. The molecule has 3 saturated heterocycles. The third kappa shape index (κ3) is 2.16. The zero-order valence-electron chi connectivity index (χ0n) is 17.9. The molecule has 6 aliphatic rings. The Morgan fingerprint density at radius 3 is 2.72 bits per heavy atom. The summed E-state index contributed by atoms with van der Waals surface area (Å²) >= 11 is 0. The molecule has 0 aromatic carbocycles. The first-order valence-corrected chi connectivity index (χ1v) is 12.3. The van der Waals surface area contributed by atoms with Crippen LogP contribution in [0.15, 0.2) is 17.7 Å². The zero-order valence-corrected chi connectivity index (χ0v) is 17.9. The molecule has 0 saturated carbocycles. The molecular formula is C26H34N2O. The van der Waals surface area contributed by atoms with Crippen LogP contribution in [0.5, 0.6) is 0 Å². The first-order chi connectivity index (χ1) is 14.1. The summed E-state index contributed by atoms with van der Waals surface area (Å²) in [7, 11) is 0. The van der Waals surface area contributed by atoms with Crippen molar-refractivity contribution in [2.45, 2.75) is 114 Å². The lowest BCUT2D eigenvalue weighted by atomic mass is 9.62. The van der Waals surface area contributed by atoms with E-state index in [9.17, 15) is 4.79 Å². The van der Waals surface area contributed by atoms with Gasteiger partial charge < -0.3 is 4.57 Å². The maximum Gasteiger partial charge on any atom is 0.179 e. The number of carbonyl (C=O) groups excluding carboxylic acids is 1. The molecule has 1 aromatic heterocycles. The van der Waals surface area contributed by atoms with Gasteiger partial charge in [0.25, 0.3) is 0 Å². The van der Waals surface area contributed by atoms with Crippen LogP contribution in [0.25, 0.3) is 5.57 Å². The zero-order chi connectivity index (χ0) is 19.4. The van der Waals surface area contributed by atoms with Gasteiger partial charge >= 0.3 is 0 Å². The summed E-state index contributed by atoms with van der Waals surface area (Å²) < 4.78 is 2.47. The molecule has 7 rings (SSSR count). The number of hydrogen-bond donors (Lipinski definition) is 0. The van der Waals surface area contributed by atoms with Gasteiger partial charge in [-0.2, -0.15) is 0 Å². The average Bonchev–Trinajstić information content (AvgIpc) is 3.11. The molecule has 0 aliphatic carbocycles. The smallest absolute Gasteiger partial charge is 0.179 e. The Balaban J connectivity index is 1.43. The molecule has 29 heavy (non-hydrogen) atoms. The Kier molecular flexibility index (Phi) is 3.39. The summed E-state index contributed by atoms with van der Waals surface area (Å²) in [5, 5.41) is 0. The second-order valence-electron chi connectivity index (χ2n) is 11.5. The molecule has 0 amide bonds. The highest BCUT2D eigenvalue weighted by Crippen LogP contribution is 2.61. The number of hydrogen-bond acceptors (Lipinski definition) is 2. The summed E-state index contributed by atoms with van der Waals surface area (Å²) in [6.45, 7) is 2.52. The molecule has 3 fully saturated rings. The van der Waals surface area contributed by atoms with Crippen LogP contribution in [0.3, 0.4) is 0 Å². The average molecular weight is 391 g/mol. The van der Waals surface area contributed by atoms with Crippen molar-refractivity contribution in [2.75, 3.05) is 0 Å². The molecule has 0 N–H and O–H groups in total. The topological polar surface area (TPSA) is 25.2 Å². The largest absolute Gasteiger partial charge is 0.335 e. The van der Waals surface area contributed by atoms with Crippen molar-refractivity contribution in [3.63, 3.8) is 0 Å². The summed E-state index contributed by atoms with van der Waals surface area (Å²) in [5.74, 6) is 1.22. The second kappa shape index (κ2) is 5.66. The van der Waals surface area contributed by atoms with E-state index in [2.05, 4.69) is 28.5 Å². The molecule has 6 aliphatic heterocycles. The fourth-order valence-corrected chi connectivity index (χ4v) is 9.21. The van der Waals surface area contributed by atoms with Gasteiger partial charge in [-0.05, 0) is 94.3 Å². The van der Waals surface area contributed by atoms with Crippen LogP contribution in [-0.2, 0) is 0 Å². The minimum absolute atomic E-state index is 0.365. The highest BCUT2D eigenvalue weighted by Gasteiger charge is 2.60. The van der Waals surface area contributed by atoms with Crippen LogP contribution < -0.4 is 0 Å². The highest BCUT2D eigenvalue weighted by molar-refractivity contribution is 5.96. The number of piperidine rings is 3. The van der Waals surface area contributed by atoms with Gasteiger partial charge in [0.05, 0.1) is 5.69 Å². The molecule has 3 nitrogen and oxygen atoms in total. The minimum Gasteiger partial charge on any atom is -0.335 e. The van der Waals surface area contributed by atoms with Crippen molar-refractivity contribution >= 4 is 11.4 Å². The maximum absolute atomic E-state index is 12.6. The Hall–Kier alpha value is -1.35. The van der Waals surface area contributed by atoms with Crippen LogP contribution in [0.2, 0.25) is 0 Å². The lowest BCUT2D eigenvalue weighted by Crippen LogP contribution is -2.70. The van der Waals surface area contributed by atoms with Gasteiger partial charge in [0.1, 0.15) is 0 Å². The van der Waals surface area contributed by atoms with Gasteiger partial charge in [-0.25, -0.2) is 0 Å². The number of carbonyl (C=O) groups is 1. The normalized spacial score (nSPS) is 43.3. The van der Waals surface area contributed by atoms with Crippen LogP contribution in [0.1, 0.15) is 113 Å². The van der Waals surface area contributed by atoms with E-state index < -0.39 is 0 Å². The van der Waals surface area contributed by atoms with Crippen molar-refractivity contribution < 1.29 is 4.79 Å².